The highest BCUT2D eigenvalue weighted by Crippen LogP contribution is 2.35. The monoisotopic (exact) mass is 463 g/mol. The van der Waals surface area contributed by atoms with Gasteiger partial charge in [0.15, 0.2) is 0 Å². The van der Waals surface area contributed by atoms with Crippen LogP contribution in [0, 0.1) is 6.92 Å². The highest BCUT2D eigenvalue weighted by molar-refractivity contribution is 7.90. The molecule has 0 saturated heterocycles. The lowest BCUT2D eigenvalue weighted by Crippen LogP contribution is -2.14. The summed E-state index contributed by atoms with van der Waals surface area (Å²) in [7, 11) is -4.04. The summed E-state index contributed by atoms with van der Waals surface area (Å²) >= 11 is 0. The van der Waals surface area contributed by atoms with Crippen molar-refractivity contribution in [1.29, 1.82) is 0 Å². The standard InChI is InChI=1S/C26H25NO5S/c1-3-32-24-14-12-19(21-9-5-4-8-18(21)2)16-25(24)33(30,31)27-17-20(13-15-26(28)29)22-10-6-7-11-23(22)27/h4-12,14,16-17H,3,13,15H2,1-2H3,(H,28,29). The SMILES string of the molecule is CCOc1ccc(-c2ccccc2C)cc1S(=O)(=O)n1cc(CCC(=O)O)c2ccccc21. The summed E-state index contributed by atoms with van der Waals surface area (Å²) in [6, 6.07) is 20.1. The second-order valence-corrected chi connectivity index (χ2v) is 9.56. The topological polar surface area (TPSA) is 85.6 Å². The van der Waals surface area contributed by atoms with Gasteiger partial charge in [-0.2, -0.15) is 0 Å². The molecule has 0 fully saturated rings. The van der Waals surface area contributed by atoms with Crippen LogP contribution in [0.3, 0.4) is 0 Å². The Labute approximate surface area is 193 Å². The number of nitrogens with zero attached hydrogens (tertiary/aromatic N) is 1. The van der Waals surface area contributed by atoms with Gasteiger partial charge in [-0.05, 0) is 60.7 Å². The van der Waals surface area contributed by atoms with E-state index in [2.05, 4.69) is 0 Å². The Morgan fingerprint density at radius 1 is 1.03 bits per heavy atom. The van der Waals surface area contributed by atoms with E-state index in [0.29, 0.717) is 17.7 Å². The van der Waals surface area contributed by atoms with Gasteiger partial charge in [-0.25, -0.2) is 12.4 Å². The van der Waals surface area contributed by atoms with Crippen molar-refractivity contribution in [3.8, 4) is 16.9 Å². The zero-order chi connectivity index (χ0) is 23.6. The molecule has 0 aliphatic carbocycles. The fraction of sp³-hybridized carbons (Fsp3) is 0.192. The van der Waals surface area contributed by atoms with E-state index in [4.69, 9.17) is 9.84 Å². The fourth-order valence-electron chi connectivity index (χ4n) is 4.01. The van der Waals surface area contributed by atoms with Gasteiger partial charge in [0.2, 0.25) is 0 Å². The Morgan fingerprint density at radius 3 is 2.48 bits per heavy atom. The lowest BCUT2D eigenvalue weighted by molar-refractivity contribution is -0.136. The molecule has 0 spiro atoms. The lowest BCUT2D eigenvalue weighted by Gasteiger charge is -2.15. The van der Waals surface area contributed by atoms with Gasteiger partial charge in [-0.3, -0.25) is 4.79 Å². The molecule has 170 valence electrons. The van der Waals surface area contributed by atoms with Crippen LogP contribution in [0.5, 0.6) is 5.75 Å². The highest BCUT2D eigenvalue weighted by atomic mass is 32.2. The second kappa shape index (κ2) is 9.11. The van der Waals surface area contributed by atoms with Gasteiger partial charge in [0.05, 0.1) is 12.1 Å². The molecule has 1 N–H and O–H groups in total. The summed E-state index contributed by atoms with van der Waals surface area (Å²) in [6.07, 6.45) is 1.68. The zero-order valence-corrected chi connectivity index (χ0v) is 19.3. The summed E-state index contributed by atoms with van der Waals surface area (Å²) in [5.41, 5.74) is 3.92. The Balaban J connectivity index is 1.91. The maximum absolute atomic E-state index is 13.9. The number of carboxylic acid groups (broad SMARTS) is 1. The number of carbonyl (C=O) groups is 1. The van der Waals surface area contributed by atoms with Crippen molar-refractivity contribution in [2.75, 3.05) is 6.61 Å². The van der Waals surface area contributed by atoms with Crippen molar-refractivity contribution in [2.24, 2.45) is 0 Å². The largest absolute Gasteiger partial charge is 0.492 e. The zero-order valence-electron chi connectivity index (χ0n) is 18.5. The van der Waals surface area contributed by atoms with Crippen LogP contribution in [-0.4, -0.2) is 30.1 Å². The molecule has 0 radical (unpaired) electrons. The third-order valence-electron chi connectivity index (χ3n) is 5.61. The van der Waals surface area contributed by atoms with Crippen LogP contribution in [0.15, 0.2) is 77.8 Å². The summed E-state index contributed by atoms with van der Waals surface area (Å²) in [5.74, 6) is -0.654. The van der Waals surface area contributed by atoms with E-state index >= 15 is 0 Å². The molecule has 0 aliphatic heterocycles. The molecular weight excluding hydrogens is 438 g/mol. The van der Waals surface area contributed by atoms with Crippen molar-refractivity contribution in [3.63, 3.8) is 0 Å². The number of benzene rings is 3. The number of ether oxygens (including phenoxy) is 1. The van der Waals surface area contributed by atoms with Crippen molar-refractivity contribution < 1.29 is 23.1 Å². The van der Waals surface area contributed by atoms with Crippen molar-refractivity contribution in [2.45, 2.75) is 31.6 Å². The van der Waals surface area contributed by atoms with Gasteiger partial charge in [0, 0.05) is 18.0 Å². The van der Waals surface area contributed by atoms with Crippen molar-refractivity contribution >= 4 is 26.9 Å². The van der Waals surface area contributed by atoms with E-state index in [-0.39, 0.29) is 23.5 Å². The molecule has 0 saturated carbocycles. The average Bonchev–Trinajstić information content (AvgIpc) is 3.18. The number of hydrogen-bond acceptors (Lipinski definition) is 4. The molecule has 3 aromatic carbocycles. The second-order valence-electron chi connectivity index (χ2n) is 7.78. The molecule has 1 aromatic heterocycles. The van der Waals surface area contributed by atoms with Gasteiger partial charge < -0.3 is 9.84 Å². The highest BCUT2D eigenvalue weighted by Gasteiger charge is 2.26. The first kappa shape index (κ1) is 22.6. The normalized spacial score (nSPS) is 11.6. The number of hydrogen-bond donors (Lipinski definition) is 1. The Morgan fingerprint density at radius 2 is 1.76 bits per heavy atom. The van der Waals surface area contributed by atoms with Gasteiger partial charge >= 0.3 is 5.97 Å². The van der Waals surface area contributed by atoms with Crippen LogP contribution in [0.2, 0.25) is 0 Å². The summed E-state index contributed by atoms with van der Waals surface area (Å²) in [6.45, 7) is 4.11. The van der Waals surface area contributed by atoms with Crippen LogP contribution in [0.1, 0.15) is 24.5 Å². The first-order chi connectivity index (χ1) is 15.8. The van der Waals surface area contributed by atoms with Gasteiger partial charge in [0.1, 0.15) is 10.6 Å². The smallest absolute Gasteiger partial charge is 0.303 e. The van der Waals surface area contributed by atoms with Crippen LogP contribution in [-0.2, 0) is 21.2 Å². The summed E-state index contributed by atoms with van der Waals surface area (Å²) in [4.78, 5) is 11.2. The van der Waals surface area contributed by atoms with Crippen LogP contribution in [0.25, 0.3) is 22.0 Å². The lowest BCUT2D eigenvalue weighted by atomic mass is 10.0. The minimum absolute atomic E-state index is 0.0654. The predicted octanol–water partition coefficient (Wildman–Crippen LogP) is 5.27. The Kier molecular flexibility index (Phi) is 6.24. The molecule has 7 heteroatoms. The maximum atomic E-state index is 13.9. The summed E-state index contributed by atoms with van der Waals surface area (Å²) in [5, 5.41) is 9.82. The molecule has 4 aromatic rings. The van der Waals surface area contributed by atoms with Crippen LogP contribution < -0.4 is 4.74 Å². The molecule has 1 heterocycles. The van der Waals surface area contributed by atoms with E-state index < -0.39 is 16.0 Å². The number of aromatic nitrogens is 1. The molecule has 6 nitrogen and oxygen atoms in total. The molecule has 4 rings (SSSR count). The average molecular weight is 464 g/mol. The molecule has 0 unspecified atom stereocenters. The van der Waals surface area contributed by atoms with Gasteiger partial charge in [0.25, 0.3) is 10.0 Å². The van der Waals surface area contributed by atoms with E-state index in [9.17, 15) is 13.2 Å². The van der Waals surface area contributed by atoms with E-state index in [1.165, 1.54) is 10.2 Å². The van der Waals surface area contributed by atoms with Gasteiger partial charge in [-0.15, -0.1) is 0 Å². The molecule has 0 bridgehead atoms. The first-order valence-corrected chi connectivity index (χ1v) is 12.2. The molecule has 0 amide bonds. The van der Waals surface area contributed by atoms with E-state index in [0.717, 1.165) is 22.1 Å². The minimum atomic E-state index is -4.04. The maximum Gasteiger partial charge on any atom is 0.303 e. The number of aliphatic carboxylic acids is 1. The fourth-order valence-corrected chi connectivity index (χ4v) is 5.57. The number of aryl methyl sites for hydroxylation is 2. The number of fused-ring (bicyclic) bond motifs is 1. The van der Waals surface area contributed by atoms with Crippen LogP contribution in [0.4, 0.5) is 0 Å². The number of carboxylic acids is 1. The predicted molar refractivity (Wildman–Crippen MR) is 128 cm³/mol. The first-order valence-electron chi connectivity index (χ1n) is 10.7. The summed E-state index contributed by atoms with van der Waals surface area (Å²) < 4.78 is 34.8. The molecule has 0 atom stereocenters. The third kappa shape index (κ3) is 4.36. The van der Waals surface area contributed by atoms with E-state index in [1.54, 1.807) is 31.2 Å². The molecular formula is C26H25NO5S. The minimum Gasteiger partial charge on any atom is -0.492 e. The van der Waals surface area contributed by atoms with Crippen LogP contribution >= 0.6 is 0 Å². The van der Waals surface area contributed by atoms with Crippen molar-refractivity contribution in [3.05, 3.63) is 84.1 Å². The Hall–Kier alpha value is -3.58. The number of para-hydroxylation sites is 1. The number of rotatable bonds is 8. The van der Waals surface area contributed by atoms with Crippen molar-refractivity contribution in [1.82, 2.24) is 3.97 Å². The molecule has 0 aliphatic rings. The quantitative estimate of drug-likeness (QED) is 0.385. The molecule has 33 heavy (non-hydrogen) atoms. The third-order valence-corrected chi connectivity index (χ3v) is 7.30. The van der Waals surface area contributed by atoms with Gasteiger partial charge in [-0.1, -0.05) is 48.5 Å². The Bertz CT molecular complexity index is 1440. The van der Waals surface area contributed by atoms with E-state index in [1.807, 2.05) is 49.4 Å².